The first kappa shape index (κ1) is 10.1. The van der Waals surface area contributed by atoms with Crippen molar-refractivity contribution in [3.05, 3.63) is 22.9 Å². The molecule has 4 nitrogen and oxygen atoms in total. The molecule has 0 fully saturated rings. The van der Waals surface area contributed by atoms with Crippen molar-refractivity contribution in [2.75, 3.05) is 6.61 Å². The summed E-state index contributed by atoms with van der Waals surface area (Å²) in [6.07, 6.45) is 4.07. The number of aromatic amines is 1. The summed E-state index contributed by atoms with van der Waals surface area (Å²) in [5.41, 5.74) is -0.153. The van der Waals surface area contributed by atoms with Gasteiger partial charge in [0.1, 0.15) is 0 Å². The number of imidazole rings is 1. The smallest absolute Gasteiger partial charge is 0.325 e. The summed E-state index contributed by atoms with van der Waals surface area (Å²) in [5.74, 6) is 0.471. The maximum Gasteiger partial charge on any atom is 0.325 e. The van der Waals surface area contributed by atoms with Crippen molar-refractivity contribution >= 4 is 0 Å². The topological polar surface area (TPSA) is 58.0 Å². The van der Waals surface area contributed by atoms with Gasteiger partial charge >= 0.3 is 5.69 Å². The fraction of sp³-hybridized carbons (Fsp3) is 0.667. The second-order valence-electron chi connectivity index (χ2n) is 3.64. The van der Waals surface area contributed by atoms with Crippen LogP contribution in [-0.2, 0) is 0 Å². The van der Waals surface area contributed by atoms with Crippen molar-refractivity contribution in [3.63, 3.8) is 0 Å². The number of nitrogens with one attached hydrogen (secondary N) is 1. The Balaban J connectivity index is 2.78. The van der Waals surface area contributed by atoms with Gasteiger partial charge < -0.3 is 10.1 Å². The predicted octanol–water partition coefficient (Wildman–Crippen LogP) is 0.756. The maximum atomic E-state index is 11.2. The molecule has 0 saturated carbocycles. The van der Waals surface area contributed by atoms with Crippen molar-refractivity contribution in [1.82, 2.24) is 9.55 Å². The monoisotopic (exact) mass is 184 g/mol. The molecular formula is C9H16N2O2. The summed E-state index contributed by atoms with van der Waals surface area (Å²) in [6, 6.07) is -0.0984. The number of hydrogen-bond donors (Lipinski definition) is 2. The summed E-state index contributed by atoms with van der Waals surface area (Å²) in [4.78, 5) is 13.8. The van der Waals surface area contributed by atoms with Crippen LogP contribution >= 0.6 is 0 Å². The highest BCUT2D eigenvalue weighted by molar-refractivity contribution is 4.81. The lowest BCUT2D eigenvalue weighted by Crippen LogP contribution is -2.25. The zero-order chi connectivity index (χ0) is 9.84. The third-order valence-electron chi connectivity index (χ3n) is 2.02. The van der Waals surface area contributed by atoms with E-state index in [4.69, 9.17) is 5.11 Å². The van der Waals surface area contributed by atoms with Crippen molar-refractivity contribution in [2.45, 2.75) is 26.3 Å². The first-order valence-electron chi connectivity index (χ1n) is 4.51. The highest BCUT2D eigenvalue weighted by Crippen LogP contribution is 2.14. The minimum atomic E-state index is -0.153. The number of aliphatic hydroxyl groups excluding tert-OH is 1. The summed E-state index contributed by atoms with van der Waals surface area (Å²) in [7, 11) is 0. The minimum Gasteiger partial charge on any atom is -0.394 e. The Morgan fingerprint density at radius 1 is 1.62 bits per heavy atom. The van der Waals surface area contributed by atoms with E-state index >= 15 is 0 Å². The fourth-order valence-electron chi connectivity index (χ4n) is 1.44. The first-order chi connectivity index (χ1) is 6.15. The molecule has 1 rings (SSSR count). The Bertz CT molecular complexity index is 301. The molecule has 13 heavy (non-hydrogen) atoms. The Kier molecular flexibility index (Phi) is 3.31. The van der Waals surface area contributed by atoms with Gasteiger partial charge in [0.15, 0.2) is 0 Å². The average Bonchev–Trinajstić information content (AvgIpc) is 2.47. The summed E-state index contributed by atoms with van der Waals surface area (Å²) >= 11 is 0. The highest BCUT2D eigenvalue weighted by atomic mass is 16.3. The normalized spacial score (nSPS) is 13.5. The molecule has 0 aliphatic heterocycles. The Morgan fingerprint density at radius 2 is 2.31 bits per heavy atom. The highest BCUT2D eigenvalue weighted by Gasteiger charge is 2.12. The molecular weight excluding hydrogens is 168 g/mol. The van der Waals surface area contributed by atoms with E-state index in [1.165, 1.54) is 0 Å². The zero-order valence-corrected chi connectivity index (χ0v) is 8.03. The molecule has 0 aliphatic carbocycles. The van der Waals surface area contributed by atoms with Crippen LogP contribution in [0, 0.1) is 5.92 Å². The van der Waals surface area contributed by atoms with Crippen LogP contribution in [0.4, 0.5) is 0 Å². The Hall–Kier alpha value is -1.03. The SMILES string of the molecule is CC(C)CC(CO)n1cc[nH]c1=O. The molecule has 4 heteroatoms. The number of rotatable bonds is 4. The standard InChI is InChI=1S/C9H16N2O2/c1-7(2)5-8(6-12)11-4-3-10-9(11)13/h3-4,7-8,12H,5-6H2,1-2H3,(H,10,13). The van der Waals surface area contributed by atoms with Gasteiger partial charge in [-0.3, -0.25) is 4.57 Å². The molecule has 0 radical (unpaired) electrons. The van der Waals surface area contributed by atoms with E-state index in [1.54, 1.807) is 17.0 Å². The van der Waals surface area contributed by atoms with Gasteiger partial charge in [-0.2, -0.15) is 0 Å². The van der Waals surface area contributed by atoms with Gasteiger partial charge in [-0.25, -0.2) is 4.79 Å². The number of aromatic nitrogens is 2. The lowest BCUT2D eigenvalue weighted by atomic mass is 10.0. The third-order valence-corrected chi connectivity index (χ3v) is 2.02. The summed E-state index contributed by atoms with van der Waals surface area (Å²) in [5, 5.41) is 9.10. The Labute approximate surface area is 77.2 Å². The van der Waals surface area contributed by atoms with E-state index in [1.807, 2.05) is 0 Å². The van der Waals surface area contributed by atoms with Crippen LogP contribution in [0.2, 0.25) is 0 Å². The third kappa shape index (κ3) is 2.45. The van der Waals surface area contributed by atoms with Crippen molar-refractivity contribution in [2.24, 2.45) is 5.92 Å². The summed E-state index contributed by atoms with van der Waals surface area (Å²) in [6.45, 7) is 4.15. The fourth-order valence-corrected chi connectivity index (χ4v) is 1.44. The maximum absolute atomic E-state index is 11.2. The molecule has 0 aromatic carbocycles. The number of nitrogens with zero attached hydrogens (tertiary/aromatic N) is 1. The molecule has 0 bridgehead atoms. The van der Waals surface area contributed by atoms with Gasteiger partial charge in [-0.15, -0.1) is 0 Å². The van der Waals surface area contributed by atoms with Crippen molar-refractivity contribution < 1.29 is 5.11 Å². The quantitative estimate of drug-likeness (QED) is 0.725. The van der Waals surface area contributed by atoms with E-state index in [0.717, 1.165) is 6.42 Å². The lowest BCUT2D eigenvalue weighted by molar-refractivity contribution is 0.206. The molecule has 1 unspecified atom stereocenters. The van der Waals surface area contributed by atoms with Gasteiger partial charge in [0.25, 0.3) is 0 Å². The van der Waals surface area contributed by atoms with Gasteiger partial charge in [-0.1, -0.05) is 13.8 Å². The molecule has 0 amide bonds. The average molecular weight is 184 g/mol. The number of H-pyrrole nitrogens is 1. The molecule has 1 atom stereocenters. The van der Waals surface area contributed by atoms with Gasteiger partial charge in [0, 0.05) is 12.4 Å². The van der Waals surface area contributed by atoms with Crippen LogP contribution in [-0.4, -0.2) is 21.3 Å². The van der Waals surface area contributed by atoms with Gasteiger partial charge in [0.05, 0.1) is 12.6 Å². The zero-order valence-electron chi connectivity index (χ0n) is 8.03. The molecule has 1 heterocycles. The van der Waals surface area contributed by atoms with E-state index in [2.05, 4.69) is 18.8 Å². The number of aliphatic hydroxyl groups is 1. The summed E-state index contributed by atoms with van der Waals surface area (Å²) < 4.78 is 1.54. The first-order valence-corrected chi connectivity index (χ1v) is 4.51. The molecule has 2 N–H and O–H groups in total. The lowest BCUT2D eigenvalue weighted by Gasteiger charge is -2.16. The molecule has 1 aromatic heterocycles. The second kappa shape index (κ2) is 4.28. The van der Waals surface area contributed by atoms with E-state index in [0.29, 0.717) is 5.92 Å². The molecule has 0 spiro atoms. The van der Waals surface area contributed by atoms with E-state index < -0.39 is 0 Å². The molecule has 0 saturated heterocycles. The minimum absolute atomic E-state index is 0.00986. The van der Waals surface area contributed by atoms with E-state index in [-0.39, 0.29) is 18.3 Å². The van der Waals surface area contributed by atoms with Gasteiger partial charge in [0.2, 0.25) is 0 Å². The molecule has 0 aliphatic rings. The van der Waals surface area contributed by atoms with E-state index in [9.17, 15) is 4.79 Å². The van der Waals surface area contributed by atoms with Crippen LogP contribution in [0.25, 0.3) is 0 Å². The van der Waals surface area contributed by atoms with Crippen LogP contribution in [0.15, 0.2) is 17.2 Å². The van der Waals surface area contributed by atoms with Crippen LogP contribution in [0.1, 0.15) is 26.3 Å². The van der Waals surface area contributed by atoms with Gasteiger partial charge in [-0.05, 0) is 12.3 Å². The Morgan fingerprint density at radius 3 is 2.69 bits per heavy atom. The predicted molar refractivity (Wildman–Crippen MR) is 50.6 cm³/mol. The number of hydrogen-bond acceptors (Lipinski definition) is 2. The van der Waals surface area contributed by atoms with Crippen LogP contribution < -0.4 is 5.69 Å². The largest absolute Gasteiger partial charge is 0.394 e. The van der Waals surface area contributed by atoms with Crippen molar-refractivity contribution in [3.8, 4) is 0 Å². The molecule has 1 aromatic rings. The van der Waals surface area contributed by atoms with Crippen LogP contribution in [0.3, 0.4) is 0 Å². The van der Waals surface area contributed by atoms with Crippen LogP contribution in [0.5, 0.6) is 0 Å². The molecule has 74 valence electrons. The van der Waals surface area contributed by atoms with Crippen molar-refractivity contribution in [1.29, 1.82) is 0 Å². The second-order valence-corrected chi connectivity index (χ2v) is 3.64.